The molecule has 0 spiro atoms. The molecule has 0 fully saturated rings. The fourth-order valence-corrected chi connectivity index (χ4v) is 3.05. The third-order valence-corrected chi connectivity index (χ3v) is 4.63. The van der Waals surface area contributed by atoms with Crippen LogP contribution in [0.15, 0.2) is 72.9 Å². The van der Waals surface area contributed by atoms with E-state index in [-0.39, 0.29) is 5.69 Å². The van der Waals surface area contributed by atoms with Gasteiger partial charge in [0.05, 0.1) is 27.8 Å². The van der Waals surface area contributed by atoms with Crippen LogP contribution in [-0.2, 0) is 13.2 Å². The van der Waals surface area contributed by atoms with E-state index in [4.69, 9.17) is 4.74 Å². The first kappa shape index (κ1) is 19.8. The molecule has 0 aliphatic carbocycles. The van der Waals surface area contributed by atoms with E-state index in [2.05, 4.69) is 21.4 Å². The quantitative estimate of drug-likeness (QED) is 0.349. The van der Waals surface area contributed by atoms with Gasteiger partial charge in [-0.05, 0) is 42.0 Å². The van der Waals surface area contributed by atoms with Gasteiger partial charge >= 0.3 is 0 Å². The van der Waals surface area contributed by atoms with Gasteiger partial charge in [-0.25, -0.2) is 4.98 Å². The highest BCUT2D eigenvalue weighted by Crippen LogP contribution is 2.25. The van der Waals surface area contributed by atoms with Gasteiger partial charge in [0.25, 0.3) is 5.69 Å². The van der Waals surface area contributed by atoms with Crippen LogP contribution in [0.3, 0.4) is 0 Å². The van der Waals surface area contributed by atoms with Crippen LogP contribution in [0.5, 0.6) is 5.75 Å². The van der Waals surface area contributed by atoms with E-state index in [1.165, 1.54) is 12.1 Å². The number of rotatable bonds is 7. The topological polar surface area (TPSA) is 114 Å². The first-order chi connectivity index (χ1) is 15.1. The lowest BCUT2D eigenvalue weighted by atomic mass is 10.1. The summed E-state index contributed by atoms with van der Waals surface area (Å²) in [6.45, 7) is 0.894. The molecule has 0 unspecified atom stereocenters. The van der Waals surface area contributed by atoms with E-state index in [1.807, 2.05) is 42.5 Å². The third kappa shape index (κ3) is 4.74. The van der Waals surface area contributed by atoms with Gasteiger partial charge in [-0.15, -0.1) is 0 Å². The predicted octanol–water partition coefficient (Wildman–Crippen LogP) is 4.60. The third-order valence-electron chi connectivity index (χ3n) is 4.63. The standard InChI is InChI=1S/C23H17N5O3/c24-13-17-11-23(27-22-9-6-19(28(29)30)12-21(17)22)26-14-16-4-7-20(8-5-16)31-15-18-3-1-2-10-25-18/h1-12H,14-15H2,(H,26,27). The monoisotopic (exact) mass is 411 g/mol. The fourth-order valence-electron chi connectivity index (χ4n) is 3.05. The summed E-state index contributed by atoms with van der Waals surface area (Å²) in [6.07, 6.45) is 1.73. The van der Waals surface area contributed by atoms with Crippen LogP contribution >= 0.6 is 0 Å². The van der Waals surface area contributed by atoms with Crippen LogP contribution in [0.4, 0.5) is 11.5 Å². The molecule has 8 heteroatoms. The molecule has 0 amide bonds. The molecular weight excluding hydrogens is 394 g/mol. The Morgan fingerprint density at radius 1 is 1.10 bits per heavy atom. The van der Waals surface area contributed by atoms with Crippen LogP contribution < -0.4 is 10.1 Å². The Bertz CT molecular complexity index is 1270. The molecule has 0 aliphatic heterocycles. The lowest BCUT2D eigenvalue weighted by Gasteiger charge is -2.10. The van der Waals surface area contributed by atoms with Crippen molar-refractivity contribution >= 4 is 22.4 Å². The summed E-state index contributed by atoms with van der Waals surface area (Å²) in [4.78, 5) is 19.2. The summed E-state index contributed by atoms with van der Waals surface area (Å²) >= 11 is 0. The highest BCUT2D eigenvalue weighted by molar-refractivity contribution is 5.88. The molecule has 2 aromatic carbocycles. The molecule has 8 nitrogen and oxygen atoms in total. The van der Waals surface area contributed by atoms with E-state index < -0.39 is 4.92 Å². The first-order valence-corrected chi connectivity index (χ1v) is 9.47. The minimum Gasteiger partial charge on any atom is -0.487 e. The molecule has 0 radical (unpaired) electrons. The van der Waals surface area contributed by atoms with Gasteiger partial charge in [-0.1, -0.05) is 18.2 Å². The van der Waals surface area contributed by atoms with E-state index in [0.29, 0.717) is 35.4 Å². The zero-order valence-electron chi connectivity index (χ0n) is 16.4. The van der Waals surface area contributed by atoms with Gasteiger partial charge < -0.3 is 10.1 Å². The van der Waals surface area contributed by atoms with Gasteiger partial charge in [0.2, 0.25) is 0 Å². The summed E-state index contributed by atoms with van der Waals surface area (Å²) in [5.74, 6) is 1.26. The minimum atomic E-state index is -0.490. The second-order valence-electron chi connectivity index (χ2n) is 6.73. The Kier molecular flexibility index (Phi) is 5.67. The van der Waals surface area contributed by atoms with Gasteiger partial charge in [-0.3, -0.25) is 15.1 Å². The van der Waals surface area contributed by atoms with Crippen molar-refractivity contribution in [1.82, 2.24) is 9.97 Å². The highest BCUT2D eigenvalue weighted by Gasteiger charge is 2.11. The van der Waals surface area contributed by atoms with Gasteiger partial charge in [0.1, 0.15) is 18.2 Å². The number of anilines is 1. The maximum atomic E-state index is 11.0. The maximum Gasteiger partial charge on any atom is 0.270 e. The number of hydrogen-bond donors (Lipinski definition) is 1. The van der Waals surface area contributed by atoms with Crippen molar-refractivity contribution in [2.75, 3.05) is 5.32 Å². The second kappa shape index (κ2) is 8.88. The van der Waals surface area contributed by atoms with Crippen LogP contribution in [0.1, 0.15) is 16.8 Å². The molecule has 4 aromatic rings. The zero-order valence-corrected chi connectivity index (χ0v) is 16.4. The smallest absolute Gasteiger partial charge is 0.270 e. The van der Waals surface area contributed by atoms with Crippen molar-refractivity contribution in [2.24, 2.45) is 0 Å². The van der Waals surface area contributed by atoms with E-state index >= 15 is 0 Å². The average molecular weight is 411 g/mol. The number of nitro benzene ring substituents is 1. The van der Waals surface area contributed by atoms with E-state index in [0.717, 1.165) is 17.0 Å². The van der Waals surface area contributed by atoms with Crippen molar-refractivity contribution in [3.05, 3.63) is 99.9 Å². The molecule has 0 aliphatic rings. The molecule has 2 aromatic heterocycles. The average Bonchev–Trinajstić information content (AvgIpc) is 2.81. The molecule has 0 atom stereocenters. The summed E-state index contributed by atoms with van der Waals surface area (Å²) in [7, 11) is 0. The number of ether oxygens (including phenoxy) is 1. The largest absolute Gasteiger partial charge is 0.487 e. The summed E-state index contributed by atoms with van der Waals surface area (Å²) < 4.78 is 5.74. The number of aromatic nitrogens is 2. The van der Waals surface area contributed by atoms with Gasteiger partial charge in [0.15, 0.2) is 0 Å². The Hall–Kier alpha value is -4.51. The maximum absolute atomic E-state index is 11.0. The van der Waals surface area contributed by atoms with Crippen molar-refractivity contribution < 1.29 is 9.66 Å². The SMILES string of the molecule is N#Cc1cc(NCc2ccc(OCc3ccccn3)cc2)nc2ccc([N+](=O)[O-])cc12. The number of nitro groups is 1. The molecule has 0 saturated heterocycles. The molecule has 0 saturated carbocycles. The minimum absolute atomic E-state index is 0.0723. The molecule has 31 heavy (non-hydrogen) atoms. The molecule has 152 valence electrons. The van der Waals surface area contributed by atoms with Crippen molar-refractivity contribution in [3.63, 3.8) is 0 Å². The lowest BCUT2D eigenvalue weighted by Crippen LogP contribution is -2.03. The highest BCUT2D eigenvalue weighted by atomic mass is 16.6. The molecule has 4 rings (SSSR count). The predicted molar refractivity (Wildman–Crippen MR) is 115 cm³/mol. The van der Waals surface area contributed by atoms with Crippen molar-refractivity contribution in [2.45, 2.75) is 13.2 Å². The van der Waals surface area contributed by atoms with E-state index in [1.54, 1.807) is 18.3 Å². The summed E-state index contributed by atoms with van der Waals surface area (Å²) in [5, 5.41) is 24.1. The number of fused-ring (bicyclic) bond motifs is 1. The summed E-state index contributed by atoms with van der Waals surface area (Å²) in [6, 6.07) is 21.3. The zero-order chi connectivity index (χ0) is 21.6. The number of nitriles is 1. The number of nitrogens with zero attached hydrogens (tertiary/aromatic N) is 4. The number of nitrogens with one attached hydrogen (secondary N) is 1. The normalized spacial score (nSPS) is 10.4. The first-order valence-electron chi connectivity index (χ1n) is 9.47. The number of benzene rings is 2. The molecule has 1 N–H and O–H groups in total. The number of non-ortho nitro benzene ring substituents is 1. The van der Waals surface area contributed by atoms with Crippen LogP contribution in [0.2, 0.25) is 0 Å². The Morgan fingerprint density at radius 2 is 1.94 bits per heavy atom. The fraction of sp³-hybridized carbons (Fsp3) is 0.0870. The molecule has 2 heterocycles. The van der Waals surface area contributed by atoms with Crippen LogP contribution in [-0.4, -0.2) is 14.9 Å². The number of hydrogen-bond acceptors (Lipinski definition) is 7. The van der Waals surface area contributed by atoms with Crippen molar-refractivity contribution in [3.8, 4) is 11.8 Å². The Balaban J connectivity index is 1.43. The van der Waals surface area contributed by atoms with E-state index in [9.17, 15) is 15.4 Å². The van der Waals surface area contributed by atoms with Crippen LogP contribution in [0.25, 0.3) is 10.9 Å². The Morgan fingerprint density at radius 3 is 2.65 bits per heavy atom. The van der Waals surface area contributed by atoms with Crippen LogP contribution in [0, 0.1) is 21.4 Å². The lowest BCUT2D eigenvalue weighted by molar-refractivity contribution is -0.384. The summed E-state index contributed by atoms with van der Waals surface area (Å²) in [5.41, 5.74) is 2.64. The van der Waals surface area contributed by atoms with Gasteiger partial charge in [-0.2, -0.15) is 5.26 Å². The van der Waals surface area contributed by atoms with Crippen molar-refractivity contribution in [1.29, 1.82) is 5.26 Å². The molecule has 0 bridgehead atoms. The second-order valence-corrected chi connectivity index (χ2v) is 6.73. The Labute approximate surface area is 177 Å². The van der Waals surface area contributed by atoms with Gasteiger partial charge in [0, 0.05) is 30.3 Å². The number of pyridine rings is 2. The molecular formula is C23H17N5O3.